The minimum Gasteiger partial charge on any atom is -0.398 e. The normalized spacial score (nSPS) is 13.8. The van der Waals surface area contributed by atoms with Crippen molar-refractivity contribution in [2.24, 2.45) is 14.1 Å². The fourth-order valence-corrected chi connectivity index (χ4v) is 3.86. The van der Waals surface area contributed by atoms with Crippen molar-refractivity contribution in [3.05, 3.63) is 56.9 Å². The predicted molar refractivity (Wildman–Crippen MR) is 104 cm³/mol. The summed E-state index contributed by atoms with van der Waals surface area (Å²) in [6, 6.07) is 7.24. The first-order valence-corrected chi connectivity index (χ1v) is 8.82. The van der Waals surface area contributed by atoms with Crippen molar-refractivity contribution >= 4 is 28.3 Å². The Bertz CT molecular complexity index is 1180. The molecule has 1 amide bonds. The van der Waals surface area contributed by atoms with Crippen molar-refractivity contribution in [2.75, 3.05) is 17.2 Å². The summed E-state index contributed by atoms with van der Waals surface area (Å²) in [6.07, 6.45) is 3.37. The van der Waals surface area contributed by atoms with E-state index in [0.29, 0.717) is 23.3 Å². The van der Waals surface area contributed by atoms with Gasteiger partial charge in [-0.05, 0) is 36.6 Å². The van der Waals surface area contributed by atoms with Crippen LogP contribution in [-0.4, -0.2) is 26.2 Å². The number of fused-ring (bicyclic) bond motifs is 2. The molecule has 3 heterocycles. The van der Waals surface area contributed by atoms with Crippen molar-refractivity contribution < 1.29 is 4.79 Å². The van der Waals surface area contributed by atoms with E-state index in [1.165, 1.54) is 11.6 Å². The minimum atomic E-state index is -0.420. The summed E-state index contributed by atoms with van der Waals surface area (Å²) in [7, 11) is 3.05. The number of benzene rings is 1. The highest BCUT2D eigenvalue weighted by atomic mass is 16.2. The first-order chi connectivity index (χ1) is 12.9. The Labute approximate surface area is 155 Å². The molecule has 0 aliphatic carbocycles. The Morgan fingerprint density at radius 1 is 1.15 bits per heavy atom. The summed E-state index contributed by atoms with van der Waals surface area (Å²) in [5.74, 6) is -0.104. The van der Waals surface area contributed by atoms with Crippen molar-refractivity contribution in [3.8, 4) is 0 Å². The van der Waals surface area contributed by atoms with Gasteiger partial charge in [-0.25, -0.2) is 4.79 Å². The molecule has 0 fully saturated rings. The zero-order chi connectivity index (χ0) is 19.3. The van der Waals surface area contributed by atoms with Crippen LogP contribution in [-0.2, 0) is 31.9 Å². The van der Waals surface area contributed by atoms with Crippen LogP contribution < -0.4 is 21.9 Å². The average molecular weight is 367 g/mol. The molecule has 3 aromatic rings. The topological polar surface area (TPSA) is 95.3 Å². The van der Waals surface area contributed by atoms with E-state index in [2.05, 4.69) is 0 Å². The van der Waals surface area contributed by atoms with Crippen LogP contribution in [0.3, 0.4) is 0 Å². The highest BCUT2D eigenvalue weighted by molar-refractivity contribution is 5.96. The summed E-state index contributed by atoms with van der Waals surface area (Å²) in [6.45, 7) is 0.660. The van der Waals surface area contributed by atoms with E-state index in [1.54, 1.807) is 28.8 Å². The van der Waals surface area contributed by atoms with Gasteiger partial charge in [-0.1, -0.05) is 6.07 Å². The lowest BCUT2D eigenvalue weighted by molar-refractivity contribution is -0.119. The quantitative estimate of drug-likeness (QED) is 0.671. The monoisotopic (exact) mass is 367 g/mol. The zero-order valence-corrected chi connectivity index (χ0v) is 15.3. The Balaban J connectivity index is 1.75. The molecule has 140 valence electrons. The van der Waals surface area contributed by atoms with Gasteiger partial charge < -0.3 is 15.2 Å². The molecule has 4 rings (SSSR count). The highest BCUT2D eigenvalue weighted by Crippen LogP contribution is 2.31. The van der Waals surface area contributed by atoms with E-state index in [1.807, 2.05) is 18.2 Å². The molecule has 27 heavy (non-hydrogen) atoms. The number of rotatable bonds is 2. The van der Waals surface area contributed by atoms with Crippen LogP contribution in [0.1, 0.15) is 12.0 Å². The summed E-state index contributed by atoms with van der Waals surface area (Å²) >= 11 is 0. The predicted octanol–water partition coefficient (Wildman–Crippen LogP) is 0.600. The third-order valence-electron chi connectivity index (χ3n) is 5.25. The number of nitrogen functional groups attached to an aromatic ring is 1. The van der Waals surface area contributed by atoms with Crippen molar-refractivity contribution in [2.45, 2.75) is 19.4 Å². The number of nitrogens with two attached hydrogens (primary N) is 1. The second-order valence-electron chi connectivity index (χ2n) is 6.88. The molecule has 1 aromatic carbocycles. The largest absolute Gasteiger partial charge is 0.398 e. The summed E-state index contributed by atoms with van der Waals surface area (Å²) in [5.41, 5.74) is 8.26. The van der Waals surface area contributed by atoms with Gasteiger partial charge in [0.25, 0.3) is 5.56 Å². The Kier molecular flexibility index (Phi) is 3.91. The first kappa shape index (κ1) is 17.1. The maximum absolute atomic E-state index is 13.0. The number of hydrogen-bond donors (Lipinski definition) is 1. The van der Waals surface area contributed by atoms with Gasteiger partial charge in [0.05, 0.1) is 5.39 Å². The molecule has 2 N–H and O–H groups in total. The number of aromatic nitrogens is 3. The van der Waals surface area contributed by atoms with E-state index >= 15 is 0 Å². The van der Waals surface area contributed by atoms with Gasteiger partial charge in [0, 0.05) is 38.2 Å². The number of carbonyl (C=O) groups is 1. The molecule has 0 spiro atoms. The number of anilines is 2. The van der Waals surface area contributed by atoms with Gasteiger partial charge in [-0.3, -0.25) is 18.7 Å². The smallest absolute Gasteiger partial charge is 0.332 e. The number of aryl methyl sites for hydroxylation is 1. The molecule has 2 aromatic heterocycles. The van der Waals surface area contributed by atoms with Gasteiger partial charge >= 0.3 is 5.69 Å². The SMILES string of the molecule is Cn1c(=O)c2ccn(CC(=O)N3CCCc4c(N)cccc43)c2n(C)c1=O. The van der Waals surface area contributed by atoms with Crippen molar-refractivity contribution in [1.82, 2.24) is 13.7 Å². The number of nitrogens with zero attached hydrogens (tertiary/aromatic N) is 4. The highest BCUT2D eigenvalue weighted by Gasteiger charge is 2.24. The maximum atomic E-state index is 13.0. The van der Waals surface area contributed by atoms with Gasteiger partial charge in [-0.15, -0.1) is 0 Å². The third-order valence-corrected chi connectivity index (χ3v) is 5.25. The van der Waals surface area contributed by atoms with Gasteiger partial charge in [0.1, 0.15) is 12.2 Å². The molecule has 0 unspecified atom stereocenters. The van der Waals surface area contributed by atoms with Crippen LogP contribution in [0.2, 0.25) is 0 Å². The molecular formula is C19H21N5O3. The zero-order valence-electron chi connectivity index (χ0n) is 15.3. The lowest BCUT2D eigenvalue weighted by Gasteiger charge is -2.30. The molecule has 0 saturated carbocycles. The Morgan fingerprint density at radius 2 is 1.93 bits per heavy atom. The molecule has 0 radical (unpaired) electrons. The van der Waals surface area contributed by atoms with Crippen LogP contribution in [0.25, 0.3) is 11.0 Å². The molecule has 1 aliphatic heterocycles. The van der Waals surface area contributed by atoms with Gasteiger partial charge in [0.15, 0.2) is 0 Å². The van der Waals surface area contributed by atoms with E-state index in [-0.39, 0.29) is 18.0 Å². The second-order valence-corrected chi connectivity index (χ2v) is 6.88. The minimum absolute atomic E-state index is 0.0399. The standard InChI is InChI=1S/C19H21N5O3/c1-21-17-13(18(26)22(2)19(21)27)8-10-23(17)11-16(25)24-9-4-5-12-14(20)6-3-7-15(12)24/h3,6-8,10H,4-5,9,11,20H2,1-2H3. The van der Waals surface area contributed by atoms with Gasteiger partial charge in [-0.2, -0.15) is 0 Å². The lowest BCUT2D eigenvalue weighted by Crippen LogP contribution is -2.39. The fraction of sp³-hybridized carbons (Fsp3) is 0.316. The van der Waals surface area contributed by atoms with Crippen LogP contribution in [0.5, 0.6) is 0 Å². The Morgan fingerprint density at radius 3 is 2.70 bits per heavy atom. The molecule has 8 nitrogen and oxygen atoms in total. The van der Waals surface area contributed by atoms with Crippen LogP contribution >= 0.6 is 0 Å². The number of carbonyl (C=O) groups excluding carboxylic acids is 1. The van der Waals surface area contributed by atoms with E-state index < -0.39 is 5.69 Å². The molecule has 8 heteroatoms. The Hall–Kier alpha value is -3.29. The number of hydrogen-bond acceptors (Lipinski definition) is 4. The molecule has 0 saturated heterocycles. The molecular weight excluding hydrogens is 346 g/mol. The van der Waals surface area contributed by atoms with Crippen LogP contribution in [0.15, 0.2) is 40.1 Å². The first-order valence-electron chi connectivity index (χ1n) is 8.82. The summed E-state index contributed by atoms with van der Waals surface area (Å²) < 4.78 is 4.12. The maximum Gasteiger partial charge on any atom is 0.332 e. The summed E-state index contributed by atoms with van der Waals surface area (Å²) in [4.78, 5) is 39.3. The second kappa shape index (κ2) is 6.15. The third kappa shape index (κ3) is 2.56. The van der Waals surface area contributed by atoms with Crippen molar-refractivity contribution in [3.63, 3.8) is 0 Å². The molecule has 0 bridgehead atoms. The van der Waals surface area contributed by atoms with Crippen LogP contribution in [0, 0.1) is 0 Å². The van der Waals surface area contributed by atoms with Crippen molar-refractivity contribution in [1.29, 1.82) is 0 Å². The fourth-order valence-electron chi connectivity index (χ4n) is 3.86. The van der Waals surface area contributed by atoms with Gasteiger partial charge in [0.2, 0.25) is 5.91 Å². The lowest BCUT2D eigenvalue weighted by atomic mass is 10.00. The summed E-state index contributed by atoms with van der Waals surface area (Å²) in [5, 5.41) is 0.413. The number of amides is 1. The van der Waals surface area contributed by atoms with E-state index in [4.69, 9.17) is 5.73 Å². The van der Waals surface area contributed by atoms with Crippen LogP contribution in [0.4, 0.5) is 11.4 Å². The molecule has 1 aliphatic rings. The average Bonchev–Trinajstić information content (AvgIpc) is 3.08. The van der Waals surface area contributed by atoms with E-state index in [0.717, 1.165) is 28.7 Å². The van der Waals surface area contributed by atoms with E-state index in [9.17, 15) is 14.4 Å². The molecule has 0 atom stereocenters.